The number of anilines is 1. The molecule has 1 N–H and O–H groups in total. The third kappa shape index (κ3) is 9.52. The number of rotatable bonds is 5. The van der Waals surface area contributed by atoms with E-state index < -0.39 is 24.3 Å². The van der Waals surface area contributed by atoms with Gasteiger partial charge in [0.15, 0.2) is 0 Å². The molecule has 4 rings (SSSR count). The van der Waals surface area contributed by atoms with Gasteiger partial charge in [-0.25, -0.2) is 9.18 Å². The number of halogens is 1. The summed E-state index contributed by atoms with van der Waals surface area (Å²) in [4.78, 5) is 32.3. The molecule has 0 aliphatic carbocycles. The van der Waals surface area contributed by atoms with Crippen molar-refractivity contribution >= 4 is 23.8 Å². The van der Waals surface area contributed by atoms with Crippen molar-refractivity contribution < 1.29 is 33.3 Å². The summed E-state index contributed by atoms with van der Waals surface area (Å²) in [5.74, 6) is -1.17. The standard InChI is InChI=1S/C34H50FN3O6/c1-23(2)36-10-12-38(13-11-36)34(41)43-31-9-7-25(4)33(44-32(40)22-30(39)8-6-24(31)3)26(5)18-27-19-28(35)21-29(20-27)37-14-16-42-17-15-37/h7,9,18-21,23-25,30-31,33,39H,6,8,10-17,22H2,1-5H3/b9-7+,26-18+/t24-,25+,30-,31?,33+/m0/s1. The first-order valence-corrected chi connectivity index (χ1v) is 16.1. The summed E-state index contributed by atoms with van der Waals surface area (Å²) in [5.41, 5.74) is 2.19. The van der Waals surface area contributed by atoms with Gasteiger partial charge in [-0.3, -0.25) is 9.69 Å². The Morgan fingerprint density at radius 1 is 1.05 bits per heavy atom. The first-order valence-electron chi connectivity index (χ1n) is 16.1. The fourth-order valence-electron chi connectivity index (χ4n) is 6.09. The number of hydrogen-bond donors (Lipinski definition) is 1. The van der Waals surface area contributed by atoms with E-state index in [4.69, 9.17) is 14.2 Å². The van der Waals surface area contributed by atoms with E-state index in [1.54, 1.807) is 4.90 Å². The second kappa shape index (κ2) is 15.9. The van der Waals surface area contributed by atoms with Crippen LogP contribution in [0.25, 0.3) is 6.08 Å². The smallest absolute Gasteiger partial charge is 0.410 e. The predicted molar refractivity (Wildman–Crippen MR) is 169 cm³/mol. The van der Waals surface area contributed by atoms with Crippen molar-refractivity contribution in [3.05, 3.63) is 47.3 Å². The minimum Gasteiger partial charge on any atom is -0.457 e. The fourth-order valence-corrected chi connectivity index (χ4v) is 6.09. The van der Waals surface area contributed by atoms with Gasteiger partial charge in [-0.1, -0.05) is 26.0 Å². The maximum atomic E-state index is 14.7. The minimum absolute atomic E-state index is 0.0644. The Labute approximate surface area is 261 Å². The summed E-state index contributed by atoms with van der Waals surface area (Å²) >= 11 is 0. The molecule has 0 radical (unpaired) electrons. The molecule has 0 aromatic heterocycles. The number of hydrogen-bond acceptors (Lipinski definition) is 8. The third-order valence-electron chi connectivity index (χ3n) is 8.92. The summed E-state index contributed by atoms with van der Waals surface area (Å²) in [6.07, 6.45) is 4.14. The molecule has 9 nitrogen and oxygen atoms in total. The topological polar surface area (TPSA) is 91.8 Å². The number of aliphatic hydroxyl groups is 1. The average molecular weight is 616 g/mol. The molecule has 5 atom stereocenters. The van der Waals surface area contributed by atoms with Crippen LogP contribution in [0.4, 0.5) is 14.9 Å². The van der Waals surface area contributed by atoms with E-state index in [1.807, 2.05) is 45.1 Å². The van der Waals surface area contributed by atoms with Gasteiger partial charge in [0.05, 0.1) is 25.7 Å². The Morgan fingerprint density at radius 2 is 1.75 bits per heavy atom. The van der Waals surface area contributed by atoms with E-state index in [2.05, 4.69) is 23.6 Å². The number of carbonyl (C=O) groups excluding carboxylic acids is 2. The lowest BCUT2D eigenvalue weighted by Crippen LogP contribution is -2.51. The monoisotopic (exact) mass is 615 g/mol. The molecule has 44 heavy (non-hydrogen) atoms. The number of carbonyl (C=O) groups is 2. The Morgan fingerprint density at radius 3 is 2.43 bits per heavy atom. The molecule has 0 bridgehead atoms. The van der Waals surface area contributed by atoms with Gasteiger partial charge in [0.1, 0.15) is 18.0 Å². The maximum Gasteiger partial charge on any atom is 0.410 e. The highest BCUT2D eigenvalue weighted by Gasteiger charge is 2.30. The summed E-state index contributed by atoms with van der Waals surface area (Å²) < 4.78 is 32.1. The third-order valence-corrected chi connectivity index (χ3v) is 8.92. The molecule has 244 valence electrons. The number of esters is 1. The summed E-state index contributed by atoms with van der Waals surface area (Å²) in [7, 11) is 0. The van der Waals surface area contributed by atoms with Gasteiger partial charge in [0.25, 0.3) is 0 Å². The van der Waals surface area contributed by atoms with E-state index in [-0.39, 0.29) is 30.2 Å². The number of piperazine rings is 1. The van der Waals surface area contributed by atoms with Gasteiger partial charge < -0.3 is 29.1 Å². The van der Waals surface area contributed by atoms with Crippen LogP contribution >= 0.6 is 0 Å². The van der Waals surface area contributed by atoms with Gasteiger partial charge in [0, 0.05) is 56.9 Å². The van der Waals surface area contributed by atoms with E-state index in [0.29, 0.717) is 63.8 Å². The molecule has 1 aromatic carbocycles. The molecule has 10 heteroatoms. The van der Waals surface area contributed by atoms with Gasteiger partial charge in [-0.05, 0) is 74.9 Å². The second-order valence-corrected chi connectivity index (χ2v) is 12.8. The second-order valence-electron chi connectivity index (χ2n) is 12.8. The molecule has 3 aliphatic rings. The first kappa shape index (κ1) is 33.9. The lowest BCUT2D eigenvalue weighted by atomic mass is 9.91. The molecule has 1 aromatic rings. The van der Waals surface area contributed by atoms with Crippen LogP contribution in [0, 0.1) is 17.7 Å². The van der Waals surface area contributed by atoms with Crippen molar-refractivity contribution in [1.29, 1.82) is 0 Å². The van der Waals surface area contributed by atoms with Crippen molar-refractivity contribution in [3.8, 4) is 0 Å². The number of aliphatic hydroxyl groups excluding tert-OH is 1. The number of benzene rings is 1. The van der Waals surface area contributed by atoms with Crippen LogP contribution in [-0.2, 0) is 19.0 Å². The van der Waals surface area contributed by atoms with E-state index in [1.165, 1.54) is 12.1 Å². The van der Waals surface area contributed by atoms with E-state index in [9.17, 15) is 19.1 Å². The Kier molecular flexibility index (Phi) is 12.2. The van der Waals surface area contributed by atoms with Crippen molar-refractivity contribution in [2.24, 2.45) is 11.8 Å². The van der Waals surface area contributed by atoms with Crippen LogP contribution in [0.2, 0.25) is 0 Å². The summed E-state index contributed by atoms with van der Waals surface area (Å²) in [6.45, 7) is 15.5. The number of morpholine rings is 1. The Balaban J connectivity index is 1.53. The Bertz CT molecular complexity index is 1180. The molecule has 2 saturated heterocycles. The fraction of sp³-hybridized carbons (Fsp3) is 0.647. The molecule has 1 unspecified atom stereocenters. The first-order chi connectivity index (χ1) is 21.0. The van der Waals surface area contributed by atoms with Gasteiger partial charge >= 0.3 is 12.1 Å². The maximum absolute atomic E-state index is 14.7. The highest BCUT2D eigenvalue weighted by atomic mass is 19.1. The van der Waals surface area contributed by atoms with Crippen molar-refractivity contribution in [2.45, 2.75) is 78.2 Å². The molecule has 0 spiro atoms. The number of nitrogens with zero attached hydrogens (tertiary/aromatic N) is 3. The molecule has 0 saturated carbocycles. The van der Waals surface area contributed by atoms with Crippen molar-refractivity contribution in [1.82, 2.24) is 9.80 Å². The number of cyclic esters (lactones) is 1. The average Bonchev–Trinajstić information content (AvgIpc) is 3.00. The zero-order valence-corrected chi connectivity index (χ0v) is 26.9. The van der Waals surface area contributed by atoms with Crippen LogP contribution in [0.1, 0.15) is 59.4 Å². The minimum atomic E-state index is -0.867. The Hall–Kier alpha value is -2.95. The van der Waals surface area contributed by atoms with Crippen molar-refractivity contribution in [3.63, 3.8) is 0 Å². The van der Waals surface area contributed by atoms with Crippen LogP contribution in [0.5, 0.6) is 0 Å². The summed E-state index contributed by atoms with van der Waals surface area (Å²) in [5, 5.41) is 10.6. The highest BCUT2D eigenvalue weighted by molar-refractivity contribution is 5.71. The lowest BCUT2D eigenvalue weighted by molar-refractivity contribution is -0.151. The van der Waals surface area contributed by atoms with Gasteiger partial charge in [0.2, 0.25) is 0 Å². The highest BCUT2D eigenvalue weighted by Crippen LogP contribution is 2.27. The molecule has 3 aliphatic heterocycles. The van der Waals surface area contributed by atoms with Crippen LogP contribution < -0.4 is 4.90 Å². The zero-order chi connectivity index (χ0) is 31.8. The molecular formula is C34H50FN3O6. The molecular weight excluding hydrogens is 565 g/mol. The van der Waals surface area contributed by atoms with Crippen molar-refractivity contribution in [2.75, 3.05) is 57.4 Å². The lowest BCUT2D eigenvalue weighted by Gasteiger charge is -2.37. The van der Waals surface area contributed by atoms with Crippen LogP contribution in [0.15, 0.2) is 35.9 Å². The molecule has 2 fully saturated rings. The van der Waals surface area contributed by atoms with Gasteiger partial charge in [-0.2, -0.15) is 0 Å². The van der Waals surface area contributed by atoms with Gasteiger partial charge in [-0.15, -0.1) is 0 Å². The molecule has 1 amide bonds. The molecule has 3 heterocycles. The largest absolute Gasteiger partial charge is 0.457 e. The van der Waals surface area contributed by atoms with E-state index >= 15 is 0 Å². The van der Waals surface area contributed by atoms with Crippen LogP contribution in [0.3, 0.4) is 0 Å². The van der Waals surface area contributed by atoms with E-state index in [0.717, 1.165) is 24.4 Å². The SMILES string of the molecule is C/C(=C\c1cc(F)cc(N2CCOCC2)c1)[C@@H]1OC(=O)C[C@@H](O)CC[C@H](C)C(OC(=O)N2CCN(C(C)C)CC2)/C=C/[C@H]1C. The number of amides is 1. The quantitative estimate of drug-likeness (QED) is 0.370. The zero-order valence-electron chi connectivity index (χ0n) is 26.9. The normalized spacial score (nSPS) is 29.0. The summed E-state index contributed by atoms with van der Waals surface area (Å²) in [6, 6.07) is 5.35. The predicted octanol–water partition coefficient (Wildman–Crippen LogP) is 4.88. The van der Waals surface area contributed by atoms with Crippen LogP contribution in [-0.4, -0.2) is 104 Å². The number of ether oxygens (including phenoxy) is 3.